The van der Waals surface area contributed by atoms with Crippen molar-refractivity contribution in [3.05, 3.63) is 33.0 Å². The number of rotatable bonds is 6. The largest absolute Gasteiger partial charge is 0.504 e. The minimum atomic E-state index is -1.56. The van der Waals surface area contributed by atoms with E-state index in [0.29, 0.717) is 0 Å². The number of aliphatic hydroxyl groups excluding tert-OH is 2. The van der Waals surface area contributed by atoms with Gasteiger partial charge in [-0.3, -0.25) is 4.79 Å². The Morgan fingerprint density at radius 1 is 0.944 bits per heavy atom. The molecule has 1 fully saturated rings. The van der Waals surface area contributed by atoms with Crippen LogP contribution in [-0.2, 0) is 14.3 Å². The molecule has 13 nitrogen and oxygen atoms in total. The number of carbonyl (C=O) groups is 1. The van der Waals surface area contributed by atoms with E-state index in [0.717, 1.165) is 6.07 Å². The lowest BCUT2D eigenvalue weighted by Gasteiger charge is -2.20. The third-order valence-corrected chi connectivity index (χ3v) is 5.92. The molecule has 3 heterocycles. The first-order valence-corrected chi connectivity index (χ1v) is 10.6. The minimum Gasteiger partial charge on any atom is -0.504 e. The highest BCUT2D eigenvalue weighted by atomic mass is 16.7. The maximum atomic E-state index is 12.9. The van der Waals surface area contributed by atoms with Gasteiger partial charge in [-0.25, -0.2) is 9.59 Å². The molecule has 1 saturated heterocycles. The number of phenolic OH excluding ortho intramolecular Hbond substituents is 1. The van der Waals surface area contributed by atoms with Gasteiger partial charge in [0.2, 0.25) is 17.8 Å². The van der Waals surface area contributed by atoms with Crippen LogP contribution >= 0.6 is 0 Å². The van der Waals surface area contributed by atoms with Crippen LogP contribution < -0.4 is 25.5 Å². The monoisotopic (exact) mass is 504 g/mol. The van der Waals surface area contributed by atoms with Crippen molar-refractivity contribution < 1.29 is 52.6 Å². The standard InChI is InChI=1S/C23H20O13/c1-7(24)32-6-12-15(26)16(27)23(34-12)33-11-5-9-14-13-8(21(28)36-20(14)18(11)31-3)4-10(25)17(30-2)19(13)35-22(9)29/h4-5,12,15-16,23,25-27H,6H2,1-3H3/t12-,15-,16+,23-/m0/s1. The molecule has 1 aliphatic rings. The van der Waals surface area contributed by atoms with Crippen molar-refractivity contribution in [3.63, 3.8) is 0 Å². The summed E-state index contributed by atoms with van der Waals surface area (Å²) in [6.07, 6.45) is -5.56. The van der Waals surface area contributed by atoms with E-state index in [-0.39, 0.29) is 56.6 Å². The number of methoxy groups -OCH3 is 2. The number of esters is 1. The van der Waals surface area contributed by atoms with Crippen LogP contribution in [0, 0.1) is 0 Å². The Bertz CT molecular complexity index is 1600. The second-order valence-electron chi connectivity index (χ2n) is 8.06. The predicted molar refractivity (Wildman–Crippen MR) is 120 cm³/mol. The zero-order valence-corrected chi connectivity index (χ0v) is 19.1. The summed E-state index contributed by atoms with van der Waals surface area (Å²) < 4.78 is 37.5. The Morgan fingerprint density at radius 3 is 2.11 bits per heavy atom. The number of hydrogen-bond donors (Lipinski definition) is 3. The summed E-state index contributed by atoms with van der Waals surface area (Å²) in [6.45, 7) is 0.842. The van der Waals surface area contributed by atoms with Gasteiger partial charge in [-0.15, -0.1) is 0 Å². The van der Waals surface area contributed by atoms with Gasteiger partial charge in [0.15, 0.2) is 22.7 Å². The topological polar surface area (TPSA) is 184 Å². The van der Waals surface area contributed by atoms with Gasteiger partial charge >= 0.3 is 17.2 Å². The van der Waals surface area contributed by atoms with Crippen molar-refractivity contribution in [2.45, 2.75) is 31.5 Å². The first-order valence-electron chi connectivity index (χ1n) is 10.6. The molecule has 0 saturated carbocycles. The fourth-order valence-electron chi connectivity index (χ4n) is 4.30. The molecule has 0 unspecified atom stereocenters. The van der Waals surface area contributed by atoms with Gasteiger partial charge in [0, 0.05) is 17.7 Å². The first-order chi connectivity index (χ1) is 17.2. The van der Waals surface area contributed by atoms with Crippen molar-refractivity contribution in [3.8, 4) is 23.0 Å². The minimum absolute atomic E-state index is 0.0637. The van der Waals surface area contributed by atoms with Crippen molar-refractivity contribution in [1.82, 2.24) is 0 Å². The molecule has 0 aliphatic carbocycles. The van der Waals surface area contributed by atoms with Crippen LogP contribution in [0.15, 0.2) is 30.6 Å². The van der Waals surface area contributed by atoms with Crippen LogP contribution in [0.4, 0.5) is 0 Å². The zero-order valence-electron chi connectivity index (χ0n) is 19.1. The molecule has 0 bridgehead atoms. The second-order valence-corrected chi connectivity index (χ2v) is 8.06. The molecule has 2 aromatic heterocycles. The quantitative estimate of drug-likeness (QED) is 0.189. The van der Waals surface area contributed by atoms with Crippen LogP contribution in [0.25, 0.3) is 32.7 Å². The van der Waals surface area contributed by atoms with E-state index in [9.17, 15) is 29.7 Å². The lowest BCUT2D eigenvalue weighted by atomic mass is 10.0. The van der Waals surface area contributed by atoms with E-state index in [2.05, 4.69) is 0 Å². The summed E-state index contributed by atoms with van der Waals surface area (Å²) >= 11 is 0. The summed E-state index contributed by atoms with van der Waals surface area (Å²) in [7, 11) is 2.52. The van der Waals surface area contributed by atoms with Gasteiger partial charge in [-0.05, 0) is 12.1 Å². The average molecular weight is 504 g/mol. The molecule has 0 radical (unpaired) electrons. The van der Waals surface area contributed by atoms with Gasteiger partial charge in [-0.2, -0.15) is 0 Å². The van der Waals surface area contributed by atoms with Gasteiger partial charge in [0.1, 0.15) is 24.9 Å². The summed E-state index contributed by atoms with van der Waals surface area (Å²) in [5.41, 5.74) is -2.08. The zero-order chi connectivity index (χ0) is 25.9. The van der Waals surface area contributed by atoms with E-state index >= 15 is 0 Å². The molecule has 5 rings (SSSR count). The number of aromatic hydroxyl groups is 1. The molecule has 0 spiro atoms. The van der Waals surface area contributed by atoms with Crippen molar-refractivity contribution >= 4 is 38.7 Å². The smallest absolute Gasteiger partial charge is 0.344 e. The number of carbonyl (C=O) groups excluding carboxylic acids is 1. The van der Waals surface area contributed by atoms with Crippen LogP contribution in [0.3, 0.4) is 0 Å². The van der Waals surface area contributed by atoms with E-state index in [1.807, 2.05) is 0 Å². The van der Waals surface area contributed by atoms with E-state index in [1.165, 1.54) is 27.2 Å². The lowest BCUT2D eigenvalue weighted by Crippen LogP contribution is -2.36. The van der Waals surface area contributed by atoms with Gasteiger partial charge in [-0.1, -0.05) is 0 Å². The molecule has 190 valence electrons. The first kappa shape index (κ1) is 23.7. The van der Waals surface area contributed by atoms with Crippen LogP contribution in [-0.4, -0.2) is 66.7 Å². The molecule has 1 aliphatic heterocycles. The third-order valence-electron chi connectivity index (χ3n) is 5.92. The van der Waals surface area contributed by atoms with Gasteiger partial charge < -0.3 is 47.8 Å². The SMILES string of the molecule is COc1c(O)cc2c(=O)oc3c(OC)c(O[C@H]4O[C@@H](COC(C)=O)[C@H](O)[C@H]4O)cc4c(=O)oc1c2c34. The highest BCUT2D eigenvalue weighted by molar-refractivity contribution is 6.22. The van der Waals surface area contributed by atoms with Crippen LogP contribution in [0.5, 0.6) is 23.0 Å². The number of hydrogen-bond acceptors (Lipinski definition) is 13. The molecule has 4 atom stereocenters. The molecule has 4 aromatic rings. The van der Waals surface area contributed by atoms with E-state index in [1.54, 1.807) is 0 Å². The highest BCUT2D eigenvalue weighted by Crippen LogP contribution is 2.46. The maximum Gasteiger partial charge on any atom is 0.344 e. The van der Waals surface area contributed by atoms with Crippen molar-refractivity contribution in [1.29, 1.82) is 0 Å². The van der Waals surface area contributed by atoms with Crippen molar-refractivity contribution in [2.24, 2.45) is 0 Å². The Hall–Kier alpha value is -4.07. The molecule has 13 heteroatoms. The molecule has 2 aromatic carbocycles. The highest BCUT2D eigenvalue weighted by Gasteiger charge is 2.45. The second kappa shape index (κ2) is 8.55. The normalized spacial score (nSPS) is 21.9. The average Bonchev–Trinajstić information content (AvgIpc) is 3.10. The summed E-state index contributed by atoms with van der Waals surface area (Å²) in [6, 6.07) is 2.38. The number of ether oxygens (including phenoxy) is 5. The molecule has 36 heavy (non-hydrogen) atoms. The van der Waals surface area contributed by atoms with Gasteiger partial charge in [0.05, 0.1) is 25.0 Å². The lowest BCUT2D eigenvalue weighted by molar-refractivity contribution is -0.151. The summed E-state index contributed by atoms with van der Waals surface area (Å²) in [4.78, 5) is 36.8. The molecular formula is C23H20O13. The summed E-state index contributed by atoms with van der Waals surface area (Å²) in [5.74, 6) is -1.47. The Balaban J connectivity index is 1.69. The Kier molecular flexibility index (Phi) is 5.62. The third kappa shape index (κ3) is 3.47. The molecular weight excluding hydrogens is 484 g/mol. The van der Waals surface area contributed by atoms with Crippen molar-refractivity contribution in [2.75, 3.05) is 20.8 Å². The van der Waals surface area contributed by atoms with Gasteiger partial charge in [0.25, 0.3) is 0 Å². The fourth-order valence-corrected chi connectivity index (χ4v) is 4.30. The molecule has 0 amide bonds. The van der Waals surface area contributed by atoms with E-state index < -0.39 is 47.6 Å². The number of aliphatic hydroxyl groups is 2. The number of phenols is 1. The van der Waals surface area contributed by atoms with Crippen LogP contribution in [0.2, 0.25) is 0 Å². The Labute approximate surface area is 200 Å². The summed E-state index contributed by atoms with van der Waals surface area (Å²) in [5, 5.41) is 31.1. The molecule has 3 N–H and O–H groups in total. The predicted octanol–water partition coefficient (Wildman–Crippen LogP) is 0.602. The van der Waals surface area contributed by atoms with Crippen LogP contribution in [0.1, 0.15) is 6.92 Å². The Morgan fingerprint density at radius 2 is 1.53 bits per heavy atom. The number of benzene rings is 2. The van der Waals surface area contributed by atoms with E-state index in [4.69, 9.17) is 32.5 Å². The maximum absolute atomic E-state index is 12.9. The fraction of sp³-hybridized carbons (Fsp3) is 0.348.